The van der Waals surface area contributed by atoms with Gasteiger partial charge < -0.3 is 5.11 Å². The van der Waals surface area contributed by atoms with E-state index in [4.69, 9.17) is 5.11 Å². The van der Waals surface area contributed by atoms with E-state index in [2.05, 4.69) is 4.98 Å². The molecule has 6 heteroatoms. The van der Waals surface area contributed by atoms with Gasteiger partial charge in [0, 0.05) is 0 Å². The van der Waals surface area contributed by atoms with E-state index >= 15 is 0 Å². The van der Waals surface area contributed by atoms with Gasteiger partial charge in [0.1, 0.15) is 0 Å². The average Bonchev–Trinajstić information content (AvgIpc) is 2.29. The van der Waals surface area contributed by atoms with Crippen molar-refractivity contribution < 1.29 is 18.3 Å². The lowest BCUT2D eigenvalue weighted by Crippen LogP contribution is -2.03. The van der Waals surface area contributed by atoms with Crippen molar-refractivity contribution in [2.45, 2.75) is 19.7 Å². The Morgan fingerprint density at radius 3 is 2.33 bits per heavy atom. The Balaban J connectivity index is 3.05. The van der Waals surface area contributed by atoms with Gasteiger partial charge in [-0.25, -0.2) is 4.98 Å². The highest BCUT2D eigenvalue weighted by atomic mass is 32.1. The lowest BCUT2D eigenvalue weighted by molar-refractivity contribution is -0.137. The Morgan fingerprint density at radius 1 is 1.50 bits per heavy atom. The first kappa shape index (κ1) is 9.47. The van der Waals surface area contributed by atoms with Gasteiger partial charge in [-0.1, -0.05) is 0 Å². The lowest BCUT2D eigenvalue weighted by atomic mass is 10.4. The van der Waals surface area contributed by atoms with E-state index in [0.29, 0.717) is 11.3 Å². The molecule has 1 heterocycles. The van der Waals surface area contributed by atoms with Crippen LogP contribution in [0.25, 0.3) is 0 Å². The lowest BCUT2D eigenvalue weighted by Gasteiger charge is -1.98. The largest absolute Gasteiger partial charge is 0.443 e. The molecule has 0 radical (unpaired) electrons. The van der Waals surface area contributed by atoms with Crippen LogP contribution in [0.5, 0.6) is 0 Å². The van der Waals surface area contributed by atoms with Gasteiger partial charge in [0.25, 0.3) is 0 Å². The van der Waals surface area contributed by atoms with E-state index in [9.17, 15) is 13.2 Å². The standard InChI is InChI=1S/C6H6F3NOS/c1-3-4(2-11)12-5(10-3)6(7,8)9/h11H,2H2,1H3. The first-order chi connectivity index (χ1) is 5.45. The third-order valence-corrected chi connectivity index (χ3v) is 2.47. The maximum atomic E-state index is 12.0. The van der Waals surface area contributed by atoms with E-state index < -0.39 is 11.2 Å². The summed E-state index contributed by atoms with van der Waals surface area (Å²) in [7, 11) is 0. The second-order valence-electron chi connectivity index (χ2n) is 2.18. The zero-order valence-electron chi connectivity index (χ0n) is 6.14. The number of aryl methyl sites for hydroxylation is 1. The number of thiazole rings is 1. The summed E-state index contributed by atoms with van der Waals surface area (Å²) < 4.78 is 36.0. The van der Waals surface area contributed by atoms with Crippen LogP contribution < -0.4 is 0 Å². The van der Waals surface area contributed by atoms with Gasteiger partial charge in [0.2, 0.25) is 0 Å². The third kappa shape index (κ3) is 1.75. The molecule has 68 valence electrons. The van der Waals surface area contributed by atoms with E-state index in [-0.39, 0.29) is 17.2 Å². The Hall–Kier alpha value is -0.620. The summed E-state index contributed by atoms with van der Waals surface area (Å²) in [6, 6.07) is 0. The molecule has 1 rings (SSSR count). The molecule has 0 spiro atoms. The maximum absolute atomic E-state index is 12.0. The molecule has 0 aromatic carbocycles. The van der Waals surface area contributed by atoms with Crippen molar-refractivity contribution in [3.8, 4) is 0 Å². The van der Waals surface area contributed by atoms with E-state index in [1.54, 1.807) is 0 Å². The highest BCUT2D eigenvalue weighted by Crippen LogP contribution is 2.33. The van der Waals surface area contributed by atoms with Gasteiger partial charge in [0.15, 0.2) is 5.01 Å². The molecule has 0 saturated carbocycles. The number of aromatic nitrogens is 1. The van der Waals surface area contributed by atoms with Crippen LogP contribution in [0.1, 0.15) is 15.6 Å². The zero-order valence-corrected chi connectivity index (χ0v) is 6.96. The normalized spacial score (nSPS) is 12.1. The second-order valence-corrected chi connectivity index (χ2v) is 3.27. The molecule has 0 aliphatic rings. The number of rotatable bonds is 1. The molecule has 2 nitrogen and oxygen atoms in total. The number of aliphatic hydroxyl groups is 1. The molecular weight excluding hydrogens is 191 g/mol. The van der Waals surface area contributed by atoms with Crippen molar-refractivity contribution >= 4 is 11.3 Å². The molecule has 0 atom stereocenters. The van der Waals surface area contributed by atoms with Crippen molar-refractivity contribution in [2.75, 3.05) is 0 Å². The molecule has 0 aliphatic carbocycles. The minimum Gasteiger partial charge on any atom is -0.391 e. The molecule has 0 bridgehead atoms. The van der Waals surface area contributed by atoms with Crippen LogP contribution in [0.2, 0.25) is 0 Å². The van der Waals surface area contributed by atoms with Crippen LogP contribution in [0.3, 0.4) is 0 Å². The number of halogens is 3. The fourth-order valence-electron chi connectivity index (χ4n) is 0.696. The van der Waals surface area contributed by atoms with Crippen molar-refractivity contribution in [3.05, 3.63) is 15.6 Å². The zero-order chi connectivity index (χ0) is 9.35. The summed E-state index contributed by atoms with van der Waals surface area (Å²) in [6.45, 7) is 1.05. The van der Waals surface area contributed by atoms with Crippen LogP contribution in [-0.2, 0) is 12.8 Å². The smallest absolute Gasteiger partial charge is 0.391 e. The van der Waals surface area contributed by atoms with Crippen LogP contribution in [-0.4, -0.2) is 10.1 Å². The summed E-state index contributed by atoms with van der Waals surface area (Å²) in [5, 5.41) is 7.70. The highest BCUT2D eigenvalue weighted by molar-refractivity contribution is 7.11. The van der Waals surface area contributed by atoms with Gasteiger partial charge in [-0.2, -0.15) is 13.2 Å². The minimum absolute atomic E-state index is 0.245. The number of nitrogens with zero attached hydrogens (tertiary/aromatic N) is 1. The molecule has 1 aromatic heterocycles. The van der Waals surface area contributed by atoms with Crippen LogP contribution in [0.4, 0.5) is 13.2 Å². The Morgan fingerprint density at radius 2 is 2.08 bits per heavy atom. The van der Waals surface area contributed by atoms with Crippen molar-refractivity contribution in [2.24, 2.45) is 0 Å². The molecule has 0 amide bonds. The average molecular weight is 197 g/mol. The number of hydrogen-bond acceptors (Lipinski definition) is 3. The summed E-state index contributed by atoms with van der Waals surface area (Å²) in [5.41, 5.74) is 0.245. The summed E-state index contributed by atoms with van der Waals surface area (Å²) in [4.78, 5) is 3.55. The van der Waals surface area contributed by atoms with E-state index in [0.717, 1.165) is 0 Å². The monoisotopic (exact) mass is 197 g/mol. The molecule has 0 saturated heterocycles. The summed E-state index contributed by atoms with van der Waals surface area (Å²) in [6.07, 6.45) is -4.40. The summed E-state index contributed by atoms with van der Waals surface area (Å²) >= 11 is 0.480. The molecule has 0 aliphatic heterocycles. The molecule has 0 unspecified atom stereocenters. The predicted octanol–water partition coefficient (Wildman–Crippen LogP) is 1.96. The second kappa shape index (κ2) is 3.02. The highest BCUT2D eigenvalue weighted by Gasteiger charge is 2.35. The van der Waals surface area contributed by atoms with Gasteiger partial charge in [-0.05, 0) is 6.92 Å². The molecule has 1 aromatic rings. The van der Waals surface area contributed by atoms with Crippen LogP contribution in [0.15, 0.2) is 0 Å². The molecular formula is C6H6F3NOS. The first-order valence-electron chi connectivity index (χ1n) is 3.09. The topological polar surface area (TPSA) is 33.1 Å². The fourth-order valence-corrected chi connectivity index (χ4v) is 1.49. The van der Waals surface area contributed by atoms with Gasteiger partial charge in [-0.15, -0.1) is 11.3 Å². The Labute approximate surface area is 70.7 Å². The maximum Gasteiger partial charge on any atom is 0.443 e. The summed E-state index contributed by atoms with van der Waals surface area (Å²) in [5.74, 6) is 0. The molecule has 12 heavy (non-hydrogen) atoms. The molecule has 1 N–H and O–H groups in total. The molecule has 0 fully saturated rings. The van der Waals surface area contributed by atoms with Crippen molar-refractivity contribution in [1.82, 2.24) is 4.98 Å². The van der Waals surface area contributed by atoms with Gasteiger partial charge >= 0.3 is 6.18 Å². The third-order valence-electron chi connectivity index (χ3n) is 1.28. The predicted molar refractivity (Wildman–Crippen MR) is 37.8 cm³/mol. The first-order valence-corrected chi connectivity index (χ1v) is 3.91. The number of hydrogen-bond donors (Lipinski definition) is 1. The van der Waals surface area contributed by atoms with Crippen LogP contribution >= 0.6 is 11.3 Å². The number of aliphatic hydroxyl groups excluding tert-OH is 1. The Kier molecular flexibility index (Phi) is 2.39. The van der Waals surface area contributed by atoms with Crippen molar-refractivity contribution in [1.29, 1.82) is 0 Å². The van der Waals surface area contributed by atoms with Crippen molar-refractivity contribution in [3.63, 3.8) is 0 Å². The minimum atomic E-state index is -4.40. The van der Waals surface area contributed by atoms with Gasteiger partial charge in [0.05, 0.1) is 17.2 Å². The SMILES string of the molecule is Cc1nc(C(F)(F)F)sc1CO. The van der Waals surface area contributed by atoms with Gasteiger partial charge in [-0.3, -0.25) is 0 Å². The van der Waals surface area contributed by atoms with E-state index in [1.165, 1.54) is 6.92 Å². The quantitative estimate of drug-likeness (QED) is 0.746. The fraction of sp³-hybridized carbons (Fsp3) is 0.500. The van der Waals surface area contributed by atoms with E-state index in [1.807, 2.05) is 0 Å². The van der Waals surface area contributed by atoms with Crippen LogP contribution in [0, 0.1) is 6.92 Å². The Bertz CT molecular complexity index is 281. The number of alkyl halides is 3.